The summed E-state index contributed by atoms with van der Waals surface area (Å²) in [5.74, 6) is 5.34. The van der Waals surface area contributed by atoms with Crippen LogP contribution in [0.2, 0.25) is 0 Å². The van der Waals surface area contributed by atoms with Gasteiger partial charge >= 0.3 is 0 Å². The van der Waals surface area contributed by atoms with E-state index in [1.807, 2.05) is 0 Å². The van der Waals surface area contributed by atoms with Crippen molar-refractivity contribution in [1.29, 1.82) is 0 Å². The maximum atomic E-state index is 5.34. The minimum absolute atomic E-state index is 0.00694. The van der Waals surface area contributed by atoms with Crippen LogP contribution < -0.4 is 11.3 Å². The van der Waals surface area contributed by atoms with Gasteiger partial charge in [-0.3, -0.25) is 11.3 Å². The maximum absolute atomic E-state index is 5.34. The Bertz CT molecular complexity index is 89.6. The second-order valence-electron chi connectivity index (χ2n) is 4.02. The average Bonchev–Trinajstić information content (AvgIpc) is 1.64. The first-order valence-corrected chi connectivity index (χ1v) is 3.29. The van der Waals surface area contributed by atoms with Crippen LogP contribution in [0, 0.1) is 5.41 Å². The summed E-state index contributed by atoms with van der Waals surface area (Å²) in [5.41, 5.74) is 3.00. The predicted octanol–water partition coefficient (Wildman–Crippen LogP) is 1.27. The fourth-order valence-corrected chi connectivity index (χ4v) is 0.217. The second kappa shape index (κ2) is 2.27. The summed E-state index contributed by atoms with van der Waals surface area (Å²) in [6, 6.07) is 0. The van der Waals surface area contributed by atoms with Crippen LogP contribution in [0.15, 0.2) is 0 Å². The average molecular weight is 130 g/mol. The van der Waals surface area contributed by atoms with Crippen molar-refractivity contribution in [3.05, 3.63) is 0 Å². The SMILES string of the molecule is CC(C)(C)C(C)(C)NN. The molecule has 0 aliphatic rings. The minimum atomic E-state index is 0.00694. The zero-order valence-electron chi connectivity index (χ0n) is 7.08. The van der Waals surface area contributed by atoms with E-state index in [-0.39, 0.29) is 11.0 Å². The molecule has 0 rings (SSSR count). The molecular formula is C7H18N2. The summed E-state index contributed by atoms with van der Waals surface area (Å²) in [7, 11) is 0. The first-order chi connectivity index (χ1) is 3.81. The highest BCUT2D eigenvalue weighted by Crippen LogP contribution is 2.27. The number of nitrogens with two attached hydrogens (primary N) is 1. The Morgan fingerprint density at radius 1 is 1.00 bits per heavy atom. The summed E-state index contributed by atoms with van der Waals surface area (Å²) >= 11 is 0. The Labute approximate surface area is 57.8 Å². The van der Waals surface area contributed by atoms with Crippen molar-refractivity contribution in [3.63, 3.8) is 0 Å². The lowest BCUT2D eigenvalue weighted by Gasteiger charge is -2.37. The van der Waals surface area contributed by atoms with Gasteiger partial charge in [0.05, 0.1) is 0 Å². The molecule has 0 saturated heterocycles. The van der Waals surface area contributed by atoms with Crippen molar-refractivity contribution < 1.29 is 0 Å². The molecule has 2 nitrogen and oxygen atoms in total. The Hall–Kier alpha value is -0.0800. The fraction of sp³-hybridized carbons (Fsp3) is 1.00. The van der Waals surface area contributed by atoms with Crippen LogP contribution in [0.1, 0.15) is 34.6 Å². The maximum Gasteiger partial charge on any atom is 0.0313 e. The quantitative estimate of drug-likeness (QED) is 0.414. The monoisotopic (exact) mass is 130 g/mol. The highest BCUT2D eigenvalue weighted by molar-refractivity contribution is 4.87. The topological polar surface area (TPSA) is 38.0 Å². The first-order valence-electron chi connectivity index (χ1n) is 3.29. The van der Waals surface area contributed by atoms with Gasteiger partial charge < -0.3 is 0 Å². The van der Waals surface area contributed by atoms with Gasteiger partial charge in [-0.15, -0.1) is 0 Å². The van der Waals surface area contributed by atoms with E-state index in [1.165, 1.54) is 0 Å². The van der Waals surface area contributed by atoms with Gasteiger partial charge in [-0.2, -0.15) is 0 Å². The van der Waals surface area contributed by atoms with Crippen molar-refractivity contribution in [1.82, 2.24) is 5.43 Å². The van der Waals surface area contributed by atoms with E-state index < -0.39 is 0 Å². The molecule has 0 atom stereocenters. The molecule has 0 aromatic heterocycles. The third-order valence-electron chi connectivity index (χ3n) is 2.24. The Morgan fingerprint density at radius 3 is 1.33 bits per heavy atom. The van der Waals surface area contributed by atoms with E-state index in [0.29, 0.717) is 0 Å². The molecule has 0 spiro atoms. The number of hydrogen-bond acceptors (Lipinski definition) is 2. The standard InChI is InChI=1S/C7H18N2/c1-6(2,3)7(4,5)9-8/h9H,8H2,1-5H3. The van der Waals surface area contributed by atoms with Crippen molar-refractivity contribution in [2.45, 2.75) is 40.2 Å². The molecule has 0 bridgehead atoms. The molecule has 56 valence electrons. The summed E-state index contributed by atoms with van der Waals surface area (Å²) < 4.78 is 0. The number of hydrazine groups is 1. The molecule has 0 amide bonds. The molecule has 9 heavy (non-hydrogen) atoms. The second-order valence-corrected chi connectivity index (χ2v) is 4.02. The van der Waals surface area contributed by atoms with Gasteiger partial charge in [-0.05, 0) is 19.3 Å². The van der Waals surface area contributed by atoms with Gasteiger partial charge in [0.2, 0.25) is 0 Å². The molecule has 0 fully saturated rings. The van der Waals surface area contributed by atoms with Crippen LogP contribution in [0.25, 0.3) is 0 Å². The van der Waals surface area contributed by atoms with Gasteiger partial charge in [-0.1, -0.05) is 20.8 Å². The van der Waals surface area contributed by atoms with Crippen molar-refractivity contribution in [2.75, 3.05) is 0 Å². The lowest BCUT2D eigenvalue weighted by molar-refractivity contribution is 0.178. The zero-order chi connectivity index (χ0) is 7.71. The molecule has 0 heterocycles. The van der Waals surface area contributed by atoms with Crippen LogP contribution in [0.3, 0.4) is 0 Å². The van der Waals surface area contributed by atoms with Crippen LogP contribution in [-0.4, -0.2) is 5.54 Å². The summed E-state index contributed by atoms with van der Waals surface area (Å²) in [6.07, 6.45) is 0. The zero-order valence-corrected chi connectivity index (χ0v) is 7.08. The molecular weight excluding hydrogens is 112 g/mol. The van der Waals surface area contributed by atoms with E-state index >= 15 is 0 Å². The van der Waals surface area contributed by atoms with Crippen LogP contribution in [0.4, 0.5) is 0 Å². The predicted molar refractivity (Wildman–Crippen MR) is 40.9 cm³/mol. The van der Waals surface area contributed by atoms with Crippen molar-refractivity contribution in [2.24, 2.45) is 11.3 Å². The Balaban J connectivity index is 4.14. The lowest BCUT2D eigenvalue weighted by Crippen LogP contribution is -2.53. The highest BCUT2D eigenvalue weighted by atomic mass is 15.3. The van der Waals surface area contributed by atoms with Gasteiger partial charge in [0.15, 0.2) is 0 Å². The Morgan fingerprint density at radius 2 is 1.33 bits per heavy atom. The van der Waals surface area contributed by atoms with Crippen LogP contribution in [0.5, 0.6) is 0 Å². The van der Waals surface area contributed by atoms with Crippen LogP contribution in [-0.2, 0) is 0 Å². The summed E-state index contributed by atoms with van der Waals surface area (Å²) in [6.45, 7) is 10.7. The van der Waals surface area contributed by atoms with Gasteiger partial charge in [0, 0.05) is 5.54 Å². The molecule has 0 unspecified atom stereocenters. The third kappa shape index (κ3) is 1.95. The molecule has 2 heteroatoms. The fourth-order valence-electron chi connectivity index (χ4n) is 0.217. The van der Waals surface area contributed by atoms with E-state index in [4.69, 9.17) is 5.84 Å². The molecule has 0 saturated carbocycles. The molecule has 3 N–H and O–H groups in total. The van der Waals surface area contributed by atoms with E-state index in [0.717, 1.165) is 0 Å². The highest BCUT2D eigenvalue weighted by Gasteiger charge is 2.30. The molecule has 0 aromatic rings. The molecule has 0 aliphatic heterocycles. The van der Waals surface area contributed by atoms with Crippen molar-refractivity contribution >= 4 is 0 Å². The number of rotatable bonds is 1. The smallest absolute Gasteiger partial charge is 0.0313 e. The van der Waals surface area contributed by atoms with Gasteiger partial charge in [0.25, 0.3) is 0 Å². The summed E-state index contributed by atoms with van der Waals surface area (Å²) in [4.78, 5) is 0. The van der Waals surface area contributed by atoms with Crippen molar-refractivity contribution in [3.8, 4) is 0 Å². The normalized spacial score (nSPS) is 14.0. The van der Waals surface area contributed by atoms with E-state index in [1.54, 1.807) is 0 Å². The molecule has 0 radical (unpaired) electrons. The third-order valence-corrected chi connectivity index (χ3v) is 2.24. The number of hydrogen-bond donors (Lipinski definition) is 2. The van der Waals surface area contributed by atoms with Gasteiger partial charge in [0.1, 0.15) is 0 Å². The molecule has 0 aliphatic carbocycles. The van der Waals surface area contributed by atoms with Gasteiger partial charge in [-0.25, -0.2) is 0 Å². The number of nitrogens with one attached hydrogen (secondary N) is 1. The van der Waals surface area contributed by atoms with Crippen LogP contribution >= 0.6 is 0 Å². The first kappa shape index (κ1) is 8.92. The summed E-state index contributed by atoms with van der Waals surface area (Å²) in [5, 5.41) is 0. The Kier molecular flexibility index (Phi) is 2.25. The van der Waals surface area contributed by atoms with E-state index in [9.17, 15) is 0 Å². The lowest BCUT2D eigenvalue weighted by atomic mass is 9.77. The minimum Gasteiger partial charge on any atom is -0.271 e. The van der Waals surface area contributed by atoms with E-state index in [2.05, 4.69) is 40.0 Å². The molecule has 0 aromatic carbocycles. The largest absolute Gasteiger partial charge is 0.271 e.